The van der Waals surface area contributed by atoms with Gasteiger partial charge in [0.2, 0.25) is 0 Å². The zero-order chi connectivity index (χ0) is 17.8. The fraction of sp³-hybridized carbons (Fsp3) is 0. The summed E-state index contributed by atoms with van der Waals surface area (Å²) in [6, 6.07) is 20.1. The molecule has 0 saturated carbocycles. The third-order valence-corrected chi connectivity index (χ3v) is 4.23. The molecule has 0 fully saturated rings. The van der Waals surface area contributed by atoms with E-state index in [0.29, 0.717) is 26.9 Å². The van der Waals surface area contributed by atoms with Crippen molar-refractivity contribution in [2.24, 2.45) is 0 Å². The molecule has 1 amide bonds. The van der Waals surface area contributed by atoms with E-state index in [1.165, 1.54) is 0 Å². The van der Waals surface area contributed by atoms with Crippen LogP contribution in [0.25, 0.3) is 0 Å². The van der Waals surface area contributed by atoms with Crippen molar-refractivity contribution in [1.29, 1.82) is 0 Å². The van der Waals surface area contributed by atoms with Crippen molar-refractivity contribution in [2.45, 2.75) is 0 Å². The normalized spacial score (nSPS) is 10.3. The van der Waals surface area contributed by atoms with Gasteiger partial charge in [-0.2, -0.15) is 0 Å². The monoisotopic (exact) mass is 369 g/mol. The number of amides is 1. The van der Waals surface area contributed by atoms with E-state index in [1.807, 2.05) is 0 Å². The Labute approximate surface area is 155 Å². The van der Waals surface area contributed by atoms with Gasteiger partial charge in [-0.3, -0.25) is 9.59 Å². The lowest BCUT2D eigenvalue weighted by Gasteiger charge is -2.10. The summed E-state index contributed by atoms with van der Waals surface area (Å²) >= 11 is 11.9. The molecule has 0 bridgehead atoms. The molecule has 0 radical (unpaired) electrons. The van der Waals surface area contributed by atoms with E-state index in [0.717, 1.165) is 0 Å². The number of halogens is 2. The van der Waals surface area contributed by atoms with Crippen LogP contribution in [0.2, 0.25) is 10.0 Å². The van der Waals surface area contributed by atoms with E-state index in [9.17, 15) is 9.59 Å². The lowest BCUT2D eigenvalue weighted by Crippen LogP contribution is -2.17. The summed E-state index contributed by atoms with van der Waals surface area (Å²) in [5, 5.41) is 3.71. The predicted molar refractivity (Wildman–Crippen MR) is 101 cm³/mol. The number of para-hydroxylation sites is 1. The highest BCUT2D eigenvalue weighted by Crippen LogP contribution is 2.23. The maximum atomic E-state index is 12.8. The molecular weight excluding hydrogens is 357 g/mol. The smallest absolute Gasteiger partial charge is 0.256 e. The van der Waals surface area contributed by atoms with Crippen LogP contribution in [0.5, 0.6) is 0 Å². The van der Waals surface area contributed by atoms with E-state index in [2.05, 4.69) is 5.32 Å². The standard InChI is InChI=1S/C20H13Cl2NO2/c21-14-11-9-13(10-12-14)19(24)15-5-1-2-6-16(15)20(25)23-18-8-4-3-7-17(18)22/h1-12H,(H,23,25). The van der Waals surface area contributed by atoms with Crippen molar-refractivity contribution in [3.8, 4) is 0 Å². The van der Waals surface area contributed by atoms with Gasteiger partial charge in [0.1, 0.15) is 0 Å². The van der Waals surface area contributed by atoms with Crippen molar-refractivity contribution < 1.29 is 9.59 Å². The number of carbonyl (C=O) groups excluding carboxylic acids is 2. The minimum atomic E-state index is -0.397. The number of ketones is 1. The Bertz CT molecular complexity index is 936. The van der Waals surface area contributed by atoms with Gasteiger partial charge in [-0.1, -0.05) is 53.5 Å². The van der Waals surface area contributed by atoms with Gasteiger partial charge in [0.25, 0.3) is 5.91 Å². The number of benzene rings is 3. The molecule has 0 saturated heterocycles. The molecule has 0 spiro atoms. The summed E-state index contributed by atoms with van der Waals surface area (Å²) in [5.41, 5.74) is 1.54. The summed E-state index contributed by atoms with van der Waals surface area (Å²) in [5.74, 6) is -0.646. The third-order valence-electron chi connectivity index (χ3n) is 3.64. The summed E-state index contributed by atoms with van der Waals surface area (Å²) in [4.78, 5) is 25.4. The van der Waals surface area contributed by atoms with Crippen molar-refractivity contribution >= 4 is 40.6 Å². The van der Waals surface area contributed by atoms with E-state index in [4.69, 9.17) is 23.2 Å². The minimum absolute atomic E-state index is 0.249. The van der Waals surface area contributed by atoms with Crippen molar-refractivity contribution in [2.75, 3.05) is 5.32 Å². The maximum Gasteiger partial charge on any atom is 0.256 e. The number of hydrogen-bond acceptors (Lipinski definition) is 2. The van der Waals surface area contributed by atoms with Crippen LogP contribution in [0.1, 0.15) is 26.3 Å². The molecule has 0 aromatic heterocycles. The molecule has 3 rings (SSSR count). The van der Waals surface area contributed by atoms with Crippen LogP contribution in [0, 0.1) is 0 Å². The first-order chi connectivity index (χ1) is 12.1. The van der Waals surface area contributed by atoms with Gasteiger partial charge in [0.05, 0.1) is 16.3 Å². The average molecular weight is 370 g/mol. The van der Waals surface area contributed by atoms with Crippen LogP contribution in [0.4, 0.5) is 5.69 Å². The molecule has 0 heterocycles. The van der Waals surface area contributed by atoms with Crippen molar-refractivity contribution in [3.05, 3.63) is 99.5 Å². The lowest BCUT2D eigenvalue weighted by molar-refractivity contribution is 0.0996. The van der Waals surface area contributed by atoms with E-state index >= 15 is 0 Å². The topological polar surface area (TPSA) is 46.2 Å². The van der Waals surface area contributed by atoms with Gasteiger partial charge in [-0.15, -0.1) is 0 Å². The largest absolute Gasteiger partial charge is 0.321 e. The lowest BCUT2D eigenvalue weighted by atomic mass is 9.98. The predicted octanol–water partition coefficient (Wildman–Crippen LogP) is 5.48. The first-order valence-electron chi connectivity index (χ1n) is 7.51. The number of carbonyl (C=O) groups is 2. The SMILES string of the molecule is O=C(Nc1ccccc1Cl)c1ccccc1C(=O)c1ccc(Cl)cc1. The second-order valence-corrected chi connectivity index (χ2v) is 6.16. The van der Waals surface area contributed by atoms with Crippen LogP contribution in [0.15, 0.2) is 72.8 Å². The van der Waals surface area contributed by atoms with Crippen LogP contribution in [0.3, 0.4) is 0 Å². The Morgan fingerprint density at radius 1 is 0.720 bits per heavy atom. The molecule has 1 N–H and O–H groups in total. The molecule has 5 heteroatoms. The second-order valence-electron chi connectivity index (χ2n) is 5.32. The number of rotatable bonds is 4. The molecule has 25 heavy (non-hydrogen) atoms. The van der Waals surface area contributed by atoms with Gasteiger partial charge in [0, 0.05) is 16.1 Å². The molecule has 0 aliphatic heterocycles. The molecule has 3 nitrogen and oxygen atoms in total. The molecule has 3 aromatic rings. The van der Waals surface area contributed by atoms with E-state index in [-0.39, 0.29) is 11.3 Å². The fourth-order valence-corrected chi connectivity index (χ4v) is 2.70. The average Bonchev–Trinajstić information content (AvgIpc) is 2.63. The highest BCUT2D eigenvalue weighted by atomic mass is 35.5. The highest BCUT2D eigenvalue weighted by molar-refractivity contribution is 6.34. The van der Waals surface area contributed by atoms with Crippen LogP contribution >= 0.6 is 23.2 Å². The van der Waals surface area contributed by atoms with Crippen LogP contribution in [-0.2, 0) is 0 Å². The quantitative estimate of drug-likeness (QED) is 0.619. The summed E-state index contributed by atoms with van der Waals surface area (Å²) in [7, 11) is 0. The zero-order valence-corrected chi connectivity index (χ0v) is 14.5. The molecule has 0 aliphatic carbocycles. The fourth-order valence-electron chi connectivity index (χ4n) is 2.39. The Morgan fingerprint density at radius 2 is 1.32 bits per heavy atom. The van der Waals surface area contributed by atoms with Crippen LogP contribution in [-0.4, -0.2) is 11.7 Å². The second kappa shape index (κ2) is 7.51. The molecule has 124 valence electrons. The molecular formula is C20H13Cl2NO2. The van der Waals surface area contributed by atoms with E-state index in [1.54, 1.807) is 72.8 Å². The van der Waals surface area contributed by atoms with Crippen LogP contribution < -0.4 is 5.32 Å². The minimum Gasteiger partial charge on any atom is -0.321 e. The van der Waals surface area contributed by atoms with Gasteiger partial charge in [0.15, 0.2) is 5.78 Å². The molecule has 3 aromatic carbocycles. The highest BCUT2D eigenvalue weighted by Gasteiger charge is 2.18. The van der Waals surface area contributed by atoms with Crippen molar-refractivity contribution in [1.82, 2.24) is 0 Å². The number of nitrogens with one attached hydrogen (secondary N) is 1. The van der Waals surface area contributed by atoms with Crippen molar-refractivity contribution in [3.63, 3.8) is 0 Å². The third kappa shape index (κ3) is 3.90. The Hall–Kier alpha value is -2.62. The number of anilines is 1. The summed E-state index contributed by atoms with van der Waals surface area (Å²) in [6.07, 6.45) is 0. The van der Waals surface area contributed by atoms with E-state index < -0.39 is 5.91 Å². The Balaban J connectivity index is 1.93. The Kier molecular flexibility index (Phi) is 5.17. The van der Waals surface area contributed by atoms with Gasteiger partial charge in [-0.05, 0) is 42.5 Å². The number of hydrogen-bond donors (Lipinski definition) is 1. The molecule has 0 unspecified atom stereocenters. The summed E-state index contributed by atoms with van der Waals surface area (Å²) in [6.45, 7) is 0. The van der Waals surface area contributed by atoms with Gasteiger partial charge >= 0.3 is 0 Å². The maximum absolute atomic E-state index is 12.8. The molecule has 0 aliphatic rings. The van der Waals surface area contributed by atoms with Gasteiger partial charge < -0.3 is 5.32 Å². The summed E-state index contributed by atoms with van der Waals surface area (Å²) < 4.78 is 0. The van der Waals surface area contributed by atoms with Gasteiger partial charge in [-0.25, -0.2) is 0 Å². The Morgan fingerprint density at radius 3 is 2.00 bits per heavy atom. The first kappa shape index (κ1) is 17.2. The molecule has 0 atom stereocenters. The first-order valence-corrected chi connectivity index (χ1v) is 8.27. The zero-order valence-electron chi connectivity index (χ0n) is 13.0.